The average molecular weight is 210 g/mol. The van der Waals surface area contributed by atoms with Gasteiger partial charge in [-0.05, 0) is 18.8 Å². The van der Waals surface area contributed by atoms with Crippen molar-refractivity contribution in [1.82, 2.24) is 0 Å². The Morgan fingerprint density at radius 3 is 2.80 bits per heavy atom. The smallest absolute Gasteiger partial charge is 0.307 e. The standard InChI is InChI=1S/C12H18O3/c1-2-3-4-7-12-8(5-6-9(12)13)10(12)11(14)15/h8,10H,2-7H2,1H3,(H,14,15)/t8-,10-,12-/m0/s1. The van der Waals surface area contributed by atoms with Crippen molar-refractivity contribution in [2.75, 3.05) is 0 Å². The number of carbonyl (C=O) groups is 2. The fraction of sp³-hybridized carbons (Fsp3) is 0.833. The second kappa shape index (κ2) is 3.62. The first-order valence-corrected chi connectivity index (χ1v) is 5.90. The minimum Gasteiger partial charge on any atom is -0.481 e. The first-order chi connectivity index (χ1) is 7.14. The molecule has 2 rings (SSSR count). The maximum atomic E-state index is 11.8. The molecular weight excluding hydrogens is 192 g/mol. The van der Waals surface area contributed by atoms with E-state index in [4.69, 9.17) is 5.11 Å². The minimum absolute atomic E-state index is 0.166. The average Bonchev–Trinajstić information content (AvgIpc) is 2.74. The maximum Gasteiger partial charge on any atom is 0.307 e. The Labute approximate surface area is 89.9 Å². The second-order valence-corrected chi connectivity index (χ2v) is 4.88. The SMILES string of the molecule is CCCCC[C@@]12C(=O)CC[C@H]1[C@H]2C(=O)O. The van der Waals surface area contributed by atoms with Crippen LogP contribution in [0.2, 0.25) is 0 Å². The molecule has 3 nitrogen and oxygen atoms in total. The first-order valence-electron chi connectivity index (χ1n) is 5.90. The summed E-state index contributed by atoms with van der Waals surface area (Å²) in [5, 5.41) is 9.05. The fourth-order valence-corrected chi connectivity index (χ4v) is 3.38. The van der Waals surface area contributed by atoms with Crippen molar-refractivity contribution in [3.8, 4) is 0 Å². The Hall–Kier alpha value is -0.860. The molecule has 0 aromatic heterocycles. The third kappa shape index (κ3) is 1.40. The Morgan fingerprint density at radius 1 is 1.53 bits per heavy atom. The maximum absolute atomic E-state index is 11.8. The third-order valence-electron chi connectivity index (χ3n) is 4.17. The normalized spacial score (nSPS) is 37.8. The predicted molar refractivity (Wildman–Crippen MR) is 55.4 cm³/mol. The second-order valence-electron chi connectivity index (χ2n) is 4.88. The van der Waals surface area contributed by atoms with E-state index >= 15 is 0 Å². The zero-order valence-corrected chi connectivity index (χ0v) is 9.16. The van der Waals surface area contributed by atoms with Crippen LogP contribution in [0.25, 0.3) is 0 Å². The van der Waals surface area contributed by atoms with Crippen molar-refractivity contribution in [3.05, 3.63) is 0 Å². The number of aliphatic carboxylic acids is 1. The molecule has 2 fully saturated rings. The molecule has 0 spiro atoms. The molecule has 0 aromatic carbocycles. The van der Waals surface area contributed by atoms with Crippen LogP contribution < -0.4 is 0 Å². The molecule has 84 valence electrons. The van der Waals surface area contributed by atoms with Gasteiger partial charge in [0.15, 0.2) is 0 Å². The monoisotopic (exact) mass is 210 g/mol. The van der Waals surface area contributed by atoms with Gasteiger partial charge in [0, 0.05) is 11.8 Å². The summed E-state index contributed by atoms with van der Waals surface area (Å²) in [5.41, 5.74) is -0.430. The lowest BCUT2D eigenvalue weighted by atomic mass is 9.91. The van der Waals surface area contributed by atoms with Crippen molar-refractivity contribution >= 4 is 11.8 Å². The number of carboxylic acids is 1. The van der Waals surface area contributed by atoms with Crippen molar-refractivity contribution in [1.29, 1.82) is 0 Å². The van der Waals surface area contributed by atoms with E-state index in [1.54, 1.807) is 0 Å². The van der Waals surface area contributed by atoms with Gasteiger partial charge < -0.3 is 5.11 Å². The Morgan fingerprint density at radius 2 is 2.27 bits per heavy atom. The number of ketones is 1. The summed E-state index contributed by atoms with van der Waals surface area (Å²) in [6, 6.07) is 0. The summed E-state index contributed by atoms with van der Waals surface area (Å²) in [5.74, 6) is -0.726. The van der Waals surface area contributed by atoms with E-state index in [9.17, 15) is 9.59 Å². The van der Waals surface area contributed by atoms with Crippen molar-refractivity contribution in [2.24, 2.45) is 17.3 Å². The summed E-state index contributed by atoms with van der Waals surface area (Å²) >= 11 is 0. The Balaban J connectivity index is 2.03. The van der Waals surface area contributed by atoms with Gasteiger partial charge in [0.05, 0.1) is 5.92 Å². The van der Waals surface area contributed by atoms with Gasteiger partial charge in [0.2, 0.25) is 0 Å². The van der Waals surface area contributed by atoms with E-state index in [2.05, 4.69) is 6.92 Å². The molecule has 3 heteroatoms. The number of Topliss-reactive ketones (excluding diaryl/α,β-unsaturated/α-hetero) is 1. The number of fused-ring (bicyclic) bond motifs is 1. The fourth-order valence-electron chi connectivity index (χ4n) is 3.38. The summed E-state index contributed by atoms with van der Waals surface area (Å²) in [6.07, 6.45) is 5.45. The molecule has 1 N–H and O–H groups in total. The molecular formula is C12H18O3. The van der Waals surface area contributed by atoms with Crippen molar-refractivity contribution in [2.45, 2.75) is 45.4 Å². The van der Waals surface area contributed by atoms with Gasteiger partial charge in [-0.1, -0.05) is 26.2 Å². The molecule has 0 radical (unpaired) electrons. The van der Waals surface area contributed by atoms with E-state index in [0.29, 0.717) is 6.42 Å². The highest BCUT2D eigenvalue weighted by atomic mass is 16.4. The molecule has 2 aliphatic carbocycles. The Bertz CT molecular complexity index is 297. The van der Waals surface area contributed by atoms with Crippen molar-refractivity contribution in [3.63, 3.8) is 0 Å². The zero-order chi connectivity index (χ0) is 11.1. The third-order valence-corrected chi connectivity index (χ3v) is 4.17. The number of unbranched alkanes of at least 4 members (excludes halogenated alkanes) is 2. The van der Waals surface area contributed by atoms with E-state index in [-0.39, 0.29) is 17.6 Å². The highest BCUT2D eigenvalue weighted by Crippen LogP contribution is 2.68. The summed E-state index contributed by atoms with van der Waals surface area (Å²) in [4.78, 5) is 22.8. The van der Waals surface area contributed by atoms with Gasteiger partial charge >= 0.3 is 5.97 Å². The quantitative estimate of drug-likeness (QED) is 0.708. The molecule has 0 bridgehead atoms. The number of rotatable bonds is 5. The lowest BCUT2D eigenvalue weighted by molar-refractivity contribution is -0.142. The number of hydrogen-bond acceptors (Lipinski definition) is 2. The summed E-state index contributed by atoms with van der Waals surface area (Å²) in [7, 11) is 0. The lowest BCUT2D eigenvalue weighted by Crippen LogP contribution is -2.19. The van der Waals surface area contributed by atoms with Gasteiger partial charge in [-0.25, -0.2) is 0 Å². The Kier molecular flexibility index (Phi) is 2.57. The highest BCUT2D eigenvalue weighted by molar-refractivity contribution is 5.98. The highest BCUT2D eigenvalue weighted by Gasteiger charge is 2.73. The van der Waals surface area contributed by atoms with Gasteiger partial charge in [0.25, 0.3) is 0 Å². The first kappa shape index (κ1) is 10.7. The van der Waals surface area contributed by atoms with Crippen LogP contribution in [0.3, 0.4) is 0 Å². The van der Waals surface area contributed by atoms with Crippen molar-refractivity contribution < 1.29 is 14.7 Å². The topological polar surface area (TPSA) is 54.4 Å². The van der Waals surface area contributed by atoms with Gasteiger partial charge in [0.1, 0.15) is 5.78 Å². The molecule has 0 aromatic rings. The van der Waals surface area contributed by atoms with Gasteiger partial charge in [-0.3, -0.25) is 9.59 Å². The number of carbonyl (C=O) groups excluding carboxylic acids is 1. The van der Waals surface area contributed by atoms with E-state index in [1.165, 1.54) is 0 Å². The van der Waals surface area contributed by atoms with E-state index in [1.807, 2.05) is 0 Å². The molecule has 2 saturated carbocycles. The predicted octanol–water partition coefficient (Wildman–Crippen LogP) is 2.25. The molecule has 0 aliphatic heterocycles. The summed E-state index contributed by atoms with van der Waals surface area (Å²) in [6.45, 7) is 2.12. The number of hydrogen-bond donors (Lipinski definition) is 1. The van der Waals surface area contributed by atoms with Crippen LogP contribution in [-0.4, -0.2) is 16.9 Å². The zero-order valence-electron chi connectivity index (χ0n) is 9.16. The van der Waals surface area contributed by atoms with Crippen LogP contribution in [-0.2, 0) is 9.59 Å². The minimum atomic E-state index is -0.760. The molecule has 0 amide bonds. The number of carboxylic acid groups (broad SMARTS) is 1. The van der Waals surface area contributed by atoms with Crippen LogP contribution in [0.15, 0.2) is 0 Å². The molecule has 0 heterocycles. The summed E-state index contributed by atoms with van der Waals surface area (Å²) < 4.78 is 0. The molecule has 15 heavy (non-hydrogen) atoms. The van der Waals surface area contributed by atoms with Gasteiger partial charge in [-0.2, -0.15) is 0 Å². The van der Waals surface area contributed by atoms with Crippen LogP contribution in [0, 0.1) is 17.3 Å². The largest absolute Gasteiger partial charge is 0.481 e. The van der Waals surface area contributed by atoms with Gasteiger partial charge in [-0.15, -0.1) is 0 Å². The lowest BCUT2D eigenvalue weighted by Gasteiger charge is -2.11. The van der Waals surface area contributed by atoms with E-state index in [0.717, 1.165) is 32.1 Å². The van der Waals surface area contributed by atoms with E-state index < -0.39 is 11.4 Å². The van der Waals surface area contributed by atoms with Crippen LogP contribution in [0.1, 0.15) is 45.4 Å². The molecule has 0 saturated heterocycles. The molecule has 3 atom stereocenters. The van der Waals surface area contributed by atoms with Crippen LogP contribution >= 0.6 is 0 Å². The van der Waals surface area contributed by atoms with Crippen LogP contribution in [0.5, 0.6) is 0 Å². The molecule has 0 unspecified atom stereocenters. The van der Waals surface area contributed by atoms with Crippen LogP contribution in [0.4, 0.5) is 0 Å². The molecule has 2 aliphatic rings.